The van der Waals surface area contributed by atoms with Gasteiger partial charge in [0.15, 0.2) is 47.1 Å². The van der Waals surface area contributed by atoms with Crippen LogP contribution in [0, 0.1) is 0 Å². The highest BCUT2D eigenvalue weighted by Gasteiger charge is 2.54. The molecule has 7 heterocycles. The van der Waals surface area contributed by atoms with E-state index in [9.17, 15) is 19.0 Å². The Morgan fingerprint density at radius 2 is 1.35 bits per heavy atom. The minimum Gasteiger partial charge on any atom is -0.369 e. The average Bonchev–Trinajstić information content (AvgIpc) is 3.72. The summed E-state index contributed by atoms with van der Waals surface area (Å²) in [4.78, 5) is 55.7. The van der Waals surface area contributed by atoms with Crippen LogP contribution in [-0.4, -0.2) is 93.9 Å². The Kier molecular flexibility index (Phi) is 7.84. The van der Waals surface area contributed by atoms with Crippen molar-refractivity contribution in [3.63, 3.8) is 0 Å². The number of aromatic amines is 2. The molecular formula is C20H22F2N10O10P2S2. The summed E-state index contributed by atoms with van der Waals surface area (Å²) in [5.74, 6) is -0.552. The number of hydrogen-bond acceptors (Lipinski definition) is 16. The molecule has 0 amide bonds. The number of nitrogens with zero attached hydrogens (tertiary/aromatic N) is 6. The van der Waals surface area contributed by atoms with Gasteiger partial charge in [-0.15, -0.1) is 0 Å². The Labute approximate surface area is 263 Å². The van der Waals surface area contributed by atoms with E-state index in [2.05, 4.69) is 42.2 Å². The number of hydrogen-bond donors (Lipinski definition) is 6. The zero-order valence-electron chi connectivity index (χ0n) is 22.7. The monoisotopic (exact) mass is 726 g/mol. The largest absolute Gasteiger partial charge is 0.386 e. The van der Waals surface area contributed by atoms with E-state index in [0.29, 0.717) is 0 Å². The van der Waals surface area contributed by atoms with Gasteiger partial charge in [0.05, 0.1) is 25.9 Å². The molecular weight excluding hydrogens is 704 g/mol. The molecule has 46 heavy (non-hydrogen) atoms. The first-order chi connectivity index (χ1) is 21.7. The summed E-state index contributed by atoms with van der Waals surface area (Å²) >= 11 is 9.07. The molecule has 0 radical (unpaired) electrons. The highest BCUT2D eigenvalue weighted by molar-refractivity contribution is 8.44. The maximum absolute atomic E-state index is 16.0. The topological polar surface area (TPSA) is 272 Å². The Morgan fingerprint density at radius 1 is 0.891 bits per heavy atom. The maximum atomic E-state index is 16.0. The van der Waals surface area contributed by atoms with Crippen LogP contribution in [0.25, 0.3) is 22.3 Å². The summed E-state index contributed by atoms with van der Waals surface area (Å²) in [6, 6.07) is 0. The molecule has 3 saturated heterocycles. The van der Waals surface area contributed by atoms with Gasteiger partial charge in [-0.05, 0) is 11.8 Å². The van der Waals surface area contributed by atoms with Crippen LogP contribution in [0.5, 0.6) is 0 Å². The quantitative estimate of drug-likeness (QED) is 0.117. The van der Waals surface area contributed by atoms with Gasteiger partial charge in [-0.2, -0.15) is 9.97 Å². The molecule has 4 aromatic heterocycles. The molecule has 3 aliphatic heterocycles. The minimum absolute atomic E-state index is 0.128. The van der Waals surface area contributed by atoms with Crippen molar-refractivity contribution in [3.8, 4) is 0 Å². The third kappa shape index (κ3) is 5.56. The predicted molar refractivity (Wildman–Crippen MR) is 157 cm³/mol. The Bertz CT molecular complexity index is 1920. The van der Waals surface area contributed by atoms with Crippen molar-refractivity contribution in [1.29, 1.82) is 0 Å². The number of nitrogens with one attached hydrogen (secondary N) is 2. The van der Waals surface area contributed by atoms with Gasteiger partial charge in [0, 0.05) is 0 Å². The van der Waals surface area contributed by atoms with Crippen molar-refractivity contribution in [3.05, 3.63) is 33.4 Å². The molecule has 20 nitrogen and oxygen atoms in total. The number of thiol groups is 1. The fourth-order valence-electron chi connectivity index (χ4n) is 5.32. The van der Waals surface area contributed by atoms with E-state index < -0.39 is 87.1 Å². The number of halogens is 2. The van der Waals surface area contributed by atoms with E-state index >= 15 is 8.78 Å². The lowest BCUT2D eigenvalue weighted by molar-refractivity contribution is -0.0564. The van der Waals surface area contributed by atoms with Crippen molar-refractivity contribution in [1.82, 2.24) is 39.0 Å². The van der Waals surface area contributed by atoms with E-state index in [4.69, 9.17) is 50.8 Å². The van der Waals surface area contributed by atoms with Crippen LogP contribution in [0.3, 0.4) is 0 Å². The summed E-state index contributed by atoms with van der Waals surface area (Å²) in [7, 11) is 0. The summed E-state index contributed by atoms with van der Waals surface area (Å²) in [6.07, 6.45) is -11.5. The summed E-state index contributed by atoms with van der Waals surface area (Å²) in [5.41, 5.74) is 9.28. The lowest BCUT2D eigenvalue weighted by atomic mass is 10.1. The number of anilines is 2. The van der Waals surface area contributed by atoms with Crippen molar-refractivity contribution < 1.29 is 45.8 Å². The molecule has 4 aromatic rings. The number of imidazole rings is 2. The molecule has 248 valence electrons. The van der Waals surface area contributed by atoms with Crippen molar-refractivity contribution in [2.75, 3.05) is 24.7 Å². The van der Waals surface area contributed by atoms with E-state index in [-0.39, 0.29) is 34.2 Å². The number of fused-ring (bicyclic) bond motifs is 4. The van der Waals surface area contributed by atoms with Crippen LogP contribution in [-0.2, 0) is 43.9 Å². The van der Waals surface area contributed by atoms with E-state index in [1.807, 2.05) is 0 Å². The fraction of sp³-hybridized carbons (Fsp3) is 0.500. The first-order valence-electron chi connectivity index (χ1n) is 13.1. The van der Waals surface area contributed by atoms with Gasteiger partial charge in [-0.1, -0.05) is 12.2 Å². The Hall–Kier alpha value is -2.89. The SMILES string of the molecule is Nc1nc2c(ncn2[C@@H]2OC3COP(O)(=S)O[C@@H]4C(COP(=O)(S)O[C@H]3[C@H]2F)O[C@@H](n2cnc3c(=O)[nH]c(N)nc32)[C@@H]4F)c(=O)[nH]1. The molecule has 7 rings (SSSR count). The molecule has 0 bridgehead atoms. The van der Waals surface area contributed by atoms with Gasteiger partial charge in [-0.25, -0.2) is 23.3 Å². The van der Waals surface area contributed by atoms with Crippen LogP contribution in [0.1, 0.15) is 12.5 Å². The van der Waals surface area contributed by atoms with Crippen LogP contribution >= 0.6 is 25.8 Å². The lowest BCUT2D eigenvalue weighted by Gasteiger charge is -2.29. The maximum Gasteiger partial charge on any atom is 0.386 e. The predicted octanol–water partition coefficient (Wildman–Crippen LogP) is -0.0399. The van der Waals surface area contributed by atoms with Crippen LogP contribution in [0.4, 0.5) is 20.7 Å². The molecule has 10 atom stereocenters. The molecule has 3 fully saturated rings. The zero-order chi connectivity index (χ0) is 32.7. The molecule has 26 heteroatoms. The molecule has 4 unspecified atom stereocenters. The fourth-order valence-corrected chi connectivity index (χ4v) is 8.24. The van der Waals surface area contributed by atoms with Gasteiger partial charge in [-0.3, -0.25) is 42.3 Å². The second-order valence-corrected chi connectivity index (χ2v) is 15.9. The molecule has 0 saturated carbocycles. The van der Waals surface area contributed by atoms with Crippen LogP contribution in [0.2, 0.25) is 0 Å². The number of aromatic nitrogens is 8. The molecule has 0 aromatic carbocycles. The van der Waals surface area contributed by atoms with Gasteiger partial charge in [0.1, 0.15) is 24.4 Å². The van der Waals surface area contributed by atoms with Crippen LogP contribution in [0.15, 0.2) is 22.2 Å². The highest BCUT2D eigenvalue weighted by Crippen LogP contribution is 2.58. The minimum atomic E-state index is -4.47. The molecule has 0 spiro atoms. The molecule has 0 aliphatic carbocycles. The van der Waals surface area contributed by atoms with Gasteiger partial charge in [0.25, 0.3) is 11.1 Å². The van der Waals surface area contributed by atoms with Crippen molar-refractivity contribution in [2.45, 2.75) is 49.2 Å². The van der Waals surface area contributed by atoms with Gasteiger partial charge >= 0.3 is 13.5 Å². The molecule has 3 aliphatic rings. The average molecular weight is 727 g/mol. The lowest BCUT2D eigenvalue weighted by Crippen LogP contribution is -2.37. The molecule has 7 N–H and O–H groups in total. The first-order valence-corrected chi connectivity index (χ1v) is 18.3. The van der Waals surface area contributed by atoms with Gasteiger partial charge < -0.3 is 30.4 Å². The van der Waals surface area contributed by atoms with Crippen LogP contribution < -0.4 is 22.6 Å². The van der Waals surface area contributed by atoms with Crippen molar-refractivity contribution in [2.24, 2.45) is 0 Å². The second-order valence-electron chi connectivity index (χ2n) is 10.2. The number of nitrogen functional groups attached to an aromatic ring is 2. The first kappa shape index (κ1) is 31.7. The van der Waals surface area contributed by atoms with E-state index in [1.165, 1.54) is 0 Å². The number of H-pyrrole nitrogens is 2. The Balaban J connectivity index is 1.18. The number of ether oxygens (including phenoxy) is 2. The zero-order valence-corrected chi connectivity index (χ0v) is 26.2. The summed E-state index contributed by atoms with van der Waals surface area (Å²) < 4.78 is 80.8. The van der Waals surface area contributed by atoms with E-state index in [1.54, 1.807) is 0 Å². The normalized spacial score (nSPS) is 37.1. The number of rotatable bonds is 2. The third-order valence-corrected chi connectivity index (χ3v) is 10.5. The number of alkyl halides is 2. The standard InChI is InChI=1S/C20H22F2N10O10P2S2/c21-7-11-5(39-17(7)31-3-25-9-13(31)27-19(23)29-15(9)33)1-37-43(35,45)42-12-6(2-38-44(36,46)41-11)40-18(8(12)22)32-4-26-10-14(32)28-20(24)30-16(10)34/h3-8,11-12,17-18H,1-2H2,(H,35,45)(H,36,46)(H3,23,27,29,33)(H3,24,28,30,34)/t5?,6?,7-,8-,11-,12-,17-,18-,43?,44?/m1/s1. The Morgan fingerprint density at radius 3 is 1.85 bits per heavy atom. The number of nitrogens with two attached hydrogens (primary N) is 2. The van der Waals surface area contributed by atoms with Crippen molar-refractivity contribution >= 4 is 71.8 Å². The summed E-state index contributed by atoms with van der Waals surface area (Å²) in [5, 5.41) is 0. The third-order valence-electron chi connectivity index (χ3n) is 7.30. The van der Waals surface area contributed by atoms with Gasteiger partial charge in [0.2, 0.25) is 11.9 Å². The summed E-state index contributed by atoms with van der Waals surface area (Å²) in [6.45, 7) is -10.2. The smallest absolute Gasteiger partial charge is 0.369 e. The second kappa shape index (κ2) is 11.4. The van der Waals surface area contributed by atoms with E-state index in [0.717, 1.165) is 21.8 Å². The highest BCUT2D eigenvalue weighted by atomic mass is 32.7.